The summed E-state index contributed by atoms with van der Waals surface area (Å²) in [6.07, 6.45) is 1.55. The zero-order valence-electron chi connectivity index (χ0n) is 15.9. The number of anilines is 2. The maximum Gasteiger partial charge on any atom is 0.276 e. The molecule has 158 valence electrons. The van der Waals surface area contributed by atoms with Crippen molar-refractivity contribution >= 4 is 72.2 Å². The minimum atomic E-state index is -3.95. The molecule has 0 aliphatic rings. The molecular weight excluding hydrogens is 479 g/mol. The van der Waals surface area contributed by atoms with Gasteiger partial charge in [0, 0.05) is 22.0 Å². The Morgan fingerprint density at radius 3 is 2.52 bits per heavy atom. The highest BCUT2D eigenvalue weighted by molar-refractivity contribution is 7.92. The van der Waals surface area contributed by atoms with Crippen LogP contribution < -0.4 is 10.0 Å². The van der Waals surface area contributed by atoms with Gasteiger partial charge >= 0.3 is 0 Å². The highest BCUT2D eigenvalue weighted by atomic mass is 35.5. The highest BCUT2D eigenvalue weighted by Crippen LogP contribution is 2.34. The molecule has 0 aliphatic heterocycles. The molecule has 11 heteroatoms. The maximum absolute atomic E-state index is 13.0. The smallest absolute Gasteiger partial charge is 0.276 e. The number of fused-ring (bicyclic) bond motifs is 1. The van der Waals surface area contributed by atoms with E-state index in [-0.39, 0.29) is 26.8 Å². The molecule has 2 N–H and O–H groups in total. The first-order valence-electron chi connectivity index (χ1n) is 8.83. The summed E-state index contributed by atoms with van der Waals surface area (Å²) in [4.78, 5) is 21.1. The van der Waals surface area contributed by atoms with E-state index in [0.29, 0.717) is 15.5 Å². The van der Waals surface area contributed by atoms with Gasteiger partial charge in [-0.2, -0.15) is 0 Å². The molecule has 2 aromatic heterocycles. The number of sulfonamides is 1. The molecule has 0 bridgehead atoms. The van der Waals surface area contributed by atoms with E-state index >= 15 is 0 Å². The standard InChI is InChI=1S/C20H14Cl2N4O3S2/c1-11-2-4-13(5-3-11)31(28,29)26-16-10-17(19(27)25-20-23-6-7-30-20)24-15-9-12(21)8-14(22)18(15)16/h2-10H,1H3,(H,24,26)(H,23,25,27). The van der Waals surface area contributed by atoms with Crippen molar-refractivity contribution in [3.05, 3.63) is 75.3 Å². The Morgan fingerprint density at radius 1 is 1.10 bits per heavy atom. The van der Waals surface area contributed by atoms with E-state index in [2.05, 4.69) is 20.0 Å². The Hall–Kier alpha value is -2.72. The number of carbonyl (C=O) groups excluding carboxylic acids is 1. The zero-order valence-corrected chi connectivity index (χ0v) is 19.0. The monoisotopic (exact) mass is 492 g/mol. The summed E-state index contributed by atoms with van der Waals surface area (Å²) in [6.45, 7) is 1.86. The molecule has 0 atom stereocenters. The molecule has 7 nitrogen and oxygen atoms in total. The van der Waals surface area contributed by atoms with E-state index in [9.17, 15) is 13.2 Å². The number of aromatic nitrogens is 2. The molecule has 0 aliphatic carbocycles. The van der Waals surface area contributed by atoms with Crippen LogP contribution in [0.1, 0.15) is 16.1 Å². The van der Waals surface area contributed by atoms with Gasteiger partial charge in [0.15, 0.2) is 5.13 Å². The van der Waals surface area contributed by atoms with Gasteiger partial charge in [-0.15, -0.1) is 11.3 Å². The third kappa shape index (κ3) is 4.64. The first kappa shape index (κ1) is 21.5. The van der Waals surface area contributed by atoms with Gasteiger partial charge in [-0.05, 0) is 37.3 Å². The number of rotatable bonds is 5. The van der Waals surface area contributed by atoms with Crippen molar-refractivity contribution in [2.75, 3.05) is 10.0 Å². The fourth-order valence-electron chi connectivity index (χ4n) is 2.85. The molecule has 0 spiro atoms. The predicted octanol–water partition coefficient (Wildman–Crippen LogP) is 5.36. The lowest BCUT2D eigenvalue weighted by Gasteiger charge is -2.14. The number of hydrogen-bond acceptors (Lipinski definition) is 6. The SMILES string of the molecule is Cc1ccc(S(=O)(=O)Nc2cc(C(=O)Nc3nccs3)nc3cc(Cl)cc(Cl)c23)cc1. The Labute approximate surface area is 192 Å². The Kier molecular flexibility index (Phi) is 5.85. The van der Waals surface area contributed by atoms with E-state index in [0.717, 1.165) is 5.56 Å². The molecule has 2 heterocycles. The van der Waals surface area contributed by atoms with Crippen molar-refractivity contribution in [2.24, 2.45) is 0 Å². The largest absolute Gasteiger partial charge is 0.296 e. The van der Waals surface area contributed by atoms with Crippen LogP contribution in [0, 0.1) is 6.92 Å². The predicted molar refractivity (Wildman–Crippen MR) is 124 cm³/mol. The average molecular weight is 493 g/mol. The Morgan fingerprint density at radius 2 is 1.84 bits per heavy atom. The third-order valence-electron chi connectivity index (χ3n) is 4.29. The molecule has 0 saturated carbocycles. The van der Waals surface area contributed by atoms with Crippen LogP contribution in [0.4, 0.5) is 10.8 Å². The number of halogens is 2. The van der Waals surface area contributed by atoms with Crippen molar-refractivity contribution in [3.8, 4) is 0 Å². The number of thiazole rings is 1. The number of hydrogen-bond donors (Lipinski definition) is 2. The highest BCUT2D eigenvalue weighted by Gasteiger charge is 2.20. The van der Waals surface area contributed by atoms with Crippen LogP contribution in [0.2, 0.25) is 10.0 Å². The number of carbonyl (C=O) groups is 1. The quantitative estimate of drug-likeness (QED) is 0.390. The van der Waals surface area contributed by atoms with E-state index in [4.69, 9.17) is 23.2 Å². The van der Waals surface area contributed by atoms with Crippen molar-refractivity contribution < 1.29 is 13.2 Å². The molecule has 1 amide bonds. The fourth-order valence-corrected chi connectivity index (χ4v) is 5.02. The van der Waals surface area contributed by atoms with Crippen LogP contribution in [-0.2, 0) is 10.0 Å². The van der Waals surface area contributed by atoms with Crippen LogP contribution >= 0.6 is 34.5 Å². The van der Waals surface area contributed by atoms with Gasteiger partial charge in [0.2, 0.25) is 0 Å². The Balaban J connectivity index is 1.82. The van der Waals surface area contributed by atoms with Gasteiger partial charge in [0.25, 0.3) is 15.9 Å². The van der Waals surface area contributed by atoms with Gasteiger partial charge in [-0.3, -0.25) is 14.8 Å². The lowest BCUT2D eigenvalue weighted by Crippen LogP contribution is -2.17. The molecule has 4 aromatic rings. The summed E-state index contributed by atoms with van der Waals surface area (Å²) < 4.78 is 28.4. The molecule has 2 aromatic carbocycles. The summed E-state index contributed by atoms with van der Waals surface area (Å²) in [6, 6.07) is 10.7. The van der Waals surface area contributed by atoms with E-state index in [1.807, 2.05) is 6.92 Å². The Bertz CT molecular complexity index is 1390. The fraction of sp³-hybridized carbons (Fsp3) is 0.0500. The van der Waals surface area contributed by atoms with Crippen LogP contribution in [-0.4, -0.2) is 24.3 Å². The maximum atomic E-state index is 13.0. The van der Waals surface area contributed by atoms with Crippen molar-refractivity contribution in [1.82, 2.24) is 9.97 Å². The number of amides is 1. The molecular formula is C20H14Cl2N4O3S2. The summed E-state index contributed by atoms with van der Waals surface area (Å²) >= 11 is 13.7. The van der Waals surface area contributed by atoms with E-state index in [1.165, 1.54) is 41.7 Å². The van der Waals surface area contributed by atoms with Gasteiger partial charge in [-0.25, -0.2) is 18.4 Å². The number of nitrogens with zero attached hydrogens (tertiary/aromatic N) is 2. The molecule has 0 radical (unpaired) electrons. The first-order valence-corrected chi connectivity index (χ1v) is 11.9. The molecule has 31 heavy (non-hydrogen) atoms. The molecule has 0 fully saturated rings. The van der Waals surface area contributed by atoms with Crippen molar-refractivity contribution in [2.45, 2.75) is 11.8 Å². The van der Waals surface area contributed by atoms with E-state index < -0.39 is 15.9 Å². The second kappa shape index (κ2) is 8.43. The normalized spacial score (nSPS) is 11.5. The number of benzene rings is 2. The van der Waals surface area contributed by atoms with Crippen LogP contribution in [0.3, 0.4) is 0 Å². The van der Waals surface area contributed by atoms with Gasteiger partial charge in [0.05, 0.1) is 21.1 Å². The topological polar surface area (TPSA) is 101 Å². The van der Waals surface area contributed by atoms with Crippen LogP contribution in [0.15, 0.2) is 58.9 Å². The van der Waals surface area contributed by atoms with Crippen molar-refractivity contribution in [1.29, 1.82) is 0 Å². The average Bonchev–Trinajstić information content (AvgIpc) is 3.20. The van der Waals surface area contributed by atoms with Gasteiger partial charge in [0.1, 0.15) is 5.69 Å². The summed E-state index contributed by atoms with van der Waals surface area (Å²) in [7, 11) is -3.95. The summed E-state index contributed by atoms with van der Waals surface area (Å²) in [5.41, 5.74) is 1.28. The zero-order chi connectivity index (χ0) is 22.2. The molecule has 4 rings (SSSR count). The lowest BCUT2D eigenvalue weighted by molar-refractivity contribution is 0.102. The minimum absolute atomic E-state index is 0.0253. The number of nitrogens with one attached hydrogen (secondary N) is 2. The molecule has 0 unspecified atom stereocenters. The third-order valence-corrected chi connectivity index (χ3v) is 6.87. The van der Waals surface area contributed by atoms with Crippen LogP contribution in [0.25, 0.3) is 10.9 Å². The second-order valence-electron chi connectivity index (χ2n) is 6.55. The number of aryl methyl sites for hydroxylation is 1. The van der Waals surface area contributed by atoms with E-state index in [1.54, 1.807) is 23.7 Å². The molecule has 0 saturated heterocycles. The van der Waals surface area contributed by atoms with Crippen LogP contribution in [0.5, 0.6) is 0 Å². The van der Waals surface area contributed by atoms with Gasteiger partial charge < -0.3 is 0 Å². The minimum Gasteiger partial charge on any atom is -0.296 e. The number of pyridine rings is 1. The van der Waals surface area contributed by atoms with Crippen molar-refractivity contribution in [3.63, 3.8) is 0 Å². The van der Waals surface area contributed by atoms with Gasteiger partial charge in [-0.1, -0.05) is 40.9 Å². The summed E-state index contributed by atoms with van der Waals surface area (Å²) in [5.74, 6) is -0.552. The second-order valence-corrected chi connectivity index (χ2v) is 9.97. The first-order chi connectivity index (χ1) is 14.7. The summed E-state index contributed by atoms with van der Waals surface area (Å²) in [5, 5.41) is 5.55. The lowest BCUT2D eigenvalue weighted by atomic mass is 10.1.